The van der Waals surface area contributed by atoms with E-state index < -0.39 is 6.23 Å². The Balaban J connectivity index is 2.62. The highest BCUT2D eigenvalue weighted by Crippen LogP contribution is 2.07. The van der Waals surface area contributed by atoms with Gasteiger partial charge in [-0.05, 0) is 6.08 Å². The first-order chi connectivity index (χ1) is 5.29. The third kappa shape index (κ3) is 1.46. The molecule has 1 atom stereocenters. The van der Waals surface area contributed by atoms with E-state index in [-0.39, 0.29) is 5.91 Å². The Morgan fingerprint density at radius 3 is 3.00 bits per heavy atom. The molecule has 4 nitrogen and oxygen atoms in total. The highest BCUT2D eigenvalue weighted by molar-refractivity contribution is 5.89. The molecule has 11 heavy (non-hydrogen) atoms. The Hall–Kier alpha value is -1.16. The zero-order chi connectivity index (χ0) is 8.27. The van der Waals surface area contributed by atoms with E-state index in [9.17, 15) is 9.59 Å². The lowest BCUT2D eigenvalue weighted by Gasteiger charge is -2.15. The van der Waals surface area contributed by atoms with E-state index in [1.165, 1.54) is 11.0 Å². The quantitative estimate of drug-likeness (QED) is 0.401. The summed E-state index contributed by atoms with van der Waals surface area (Å²) in [6.45, 7) is 4.20. The minimum absolute atomic E-state index is 0.264. The molecule has 0 aromatic carbocycles. The summed E-state index contributed by atoms with van der Waals surface area (Å²) in [4.78, 5) is 22.6. The summed E-state index contributed by atoms with van der Waals surface area (Å²) in [5.41, 5.74) is 0. The molecular weight excluding hydrogens is 146 g/mol. The van der Waals surface area contributed by atoms with Gasteiger partial charge in [-0.2, -0.15) is 0 Å². The molecule has 0 saturated carbocycles. The second kappa shape index (κ2) is 3.30. The number of carbonyl (C=O) groups excluding carboxylic acids is 2. The molecule has 1 aliphatic rings. The molecule has 1 heterocycles. The van der Waals surface area contributed by atoms with Crippen molar-refractivity contribution in [1.82, 2.24) is 4.90 Å². The Kier molecular flexibility index (Phi) is 2.38. The standard InChI is InChI=1S/C7H9NO3/c1-2-6(10)8-3-4-11-7(8)5-9/h2,5,7H,1,3-4H2. The number of hydrogen-bond donors (Lipinski definition) is 0. The lowest BCUT2D eigenvalue weighted by atomic mass is 10.4. The van der Waals surface area contributed by atoms with E-state index in [0.717, 1.165) is 0 Å². The lowest BCUT2D eigenvalue weighted by Crippen LogP contribution is -2.35. The van der Waals surface area contributed by atoms with Crippen molar-refractivity contribution in [1.29, 1.82) is 0 Å². The predicted molar refractivity (Wildman–Crippen MR) is 37.7 cm³/mol. The van der Waals surface area contributed by atoms with Crippen molar-refractivity contribution in [3.8, 4) is 0 Å². The average Bonchev–Trinajstić information content (AvgIpc) is 2.50. The monoisotopic (exact) mass is 155 g/mol. The van der Waals surface area contributed by atoms with Gasteiger partial charge in [-0.25, -0.2) is 0 Å². The largest absolute Gasteiger partial charge is 0.349 e. The maximum absolute atomic E-state index is 11.0. The van der Waals surface area contributed by atoms with E-state index in [1.54, 1.807) is 0 Å². The number of amides is 1. The van der Waals surface area contributed by atoms with Crippen LogP contribution in [0.1, 0.15) is 0 Å². The van der Waals surface area contributed by atoms with Crippen molar-refractivity contribution >= 4 is 12.2 Å². The van der Waals surface area contributed by atoms with Crippen LogP contribution in [-0.2, 0) is 14.3 Å². The third-order valence-corrected chi connectivity index (χ3v) is 1.50. The van der Waals surface area contributed by atoms with Gasteiger partial charge in [0, 0.05) is 6.54 Å². The van der Waals surface area contributed by atoms with Crippen LogP contribution in [-0.4, -0.2) is 36.5 Å². The van der Waals surface area contributed by atoms with E-state index in [0.29, 0.717) is 19.4 Å². The van der Waals surface area contributed by atoms with Crippen LogP contribution in [0.4, 0.5) is 0 Å². The molecule has 1 rings (SSSR count). The van der Waals surface area contributed by atoms with Gasteiger partial charge in [0.15, 0.2) is 12.5 Å². The zero-order valence-corrected chi connectivity index (χ0v) is 6.03. The molecule has 1 saturated heterocycles. The van der Waals surface area contributed by atoms with Crippen LogP contribution >= 0.6 is 0 Å². The summed E-state index contributed by atoms with van der Waals surface area (Å²) in [7, 11) is 0. The molecule has 0 aromatic rings. The smallest absolute Gasteiger partial charge is 0.248 e. The van der Waals surface area contributed by atoms with Gasteiger partial charge in [0.2, 0.25) is 5.91 Å². The molecule has 4 heteroatoms. The topological polar surface area (TPSA) is 46.6 Å². The van der Waals surface area contributed by atoms with Gasteiger partial charge >= 0.3 is 0 Å². The number of hydrogen-bond acceptors (Lipinski definition) is 3. The first kappa shape index (κ1) is 7.94. The van der Waals surface area contributed by atoms with Crippen LogP contribution in [0.25, 0.3) is 0 Å². The van der Waals surface area contributed by atoms with Gasteiger partial charge in [0.25, 0.3) is 0 Å². The summed E-state index contributed by atoms with van der Waals surface area (Å²) in [6.07, 6.45) is 1.07. The van der Waals surface area contributed by atoms with Gasteiger partial charge in [-0.15, -0.1) is 0 Å². The van der Waals surface area contributed by atoms with Crippen LogP contribution in [0.5, 0.6) is 0 Å². The summed E-state index contributed by atoms with van der Waals surface area (Å²) in [5.74, 6) is -0.264. The molecule has 1 fully saturated rings. The molecule has 0 aromatic heterocycles. The van der Waals surface area contributed by atoms with Crippen LogP contribution < -0.4 is 0 Å². The van der Waals surface area contributed by atoms with Crippen LogP contribution in [0.15, 0.2) is 12.7 Å². The molecule has 60 valence electrons. The zero-order valence-electron chi connectivity index (χ0n) is 6.03. The Morgan fingerprint density at radius 1 is 1.73 bits per heavy atom. The summed E-state index contributed by atoms with van der Waals surface area (Å²) < 4.78 is 4.93. The first-order valence-corrected chi connectivity index (χ1v) is 3.29. The molecule has 0 bridgehead atoms. The van der Waals surface area contributed by atoms with Crippen LogP contribution in [0.2, 0.25) is 0 Å². The number of nitrogens with zero attached hydrogens (tertiary/aromatic N) is 1. The Morgan fingerprint density at radius 2 is 2.45 bits per heavy atom. The third-order valence-electron chi connectivity index (χ3n) is 1.50. The van der Waals surface area contributed by atoms with Crippen LogP contribution in [0.3, 0.4) is 0 Å². The summed E-state index contributed by atoms with van der Waals surface area (Å²) >= 11 is 0. The number of ether oxygens (including phenoxy) is 1. The first-order valence-electron chi connectivity index (χ1n) is 3.29. The average molecular weight is 155 g/mol. The van der Waals surface area contributed by atoms with Gasteiger partial charge < -0.3 is 9.64 Å². The van der Waals surface area contributed by atoms with E-state index in [1.807, 2.05) is 0 Å². The number of rotatable bonds is 2. The molecule has 0 N–H and O–H groups in total. The fourth-order valence-electron chi connectivity index (χ4n) is 0.955. The fraction of sp³-hybridized carbons (Fsp3) is 0.429. The summed E-state index contributed by atoms with van der Waals surface area (Å²) in [6, 6.07) is 0. The molecule has 1 unspecified atom stereocenters. The van der Waals surface area contributed by atoms with Crippen molar-refractivity contribution < 1.29 is 14.3 Å². The van der Waals surface area contributed by atoms with Gasteiger partial charge in [-0.3, -0.25) is 9.59 Å². The Labute approximate surface area is 64.4 Å². The molecule has 0 spiro atoms. The molecule has 1 aliphatic heterocycles. The van der Waals surface area contributed by atoms with Crippen LogP contribution in [0, 0.1) is 0 Å². The Bertz CT molecular complexity index is 190. The lowest BCUT2D eigenvalue weighted by molar-refractivity contribution is -0.136. The second-order valence-corrected chi connectivity index (χ2v) is 2.13. The van der Waals surface area contributed by atoms with Crippen molar-refractivity contribution in [2.45, 2.75) is 6.23 Å². The minimum atomic E-state index is -0.708. The normalized spacial score (nSPS) is 23.3. The number of carbonyl (C=O) groups is 2. The van der Waals surface area contributed by atoms with E-state index in [2.05, 4.69) is 6.58 Å². The number of aldehydes is 1. The summed E-state index contributed by atoms with van der Waals surface area (Å²) in [5, 5.41) is 0. The maximum atomic E-state index is 11.0. The van der Waals surface area contributed by atoms with Gasteiger partial charge in [-0.1, -0.05) is 6.58 Å². The molecule has 0 aliphatic carbocycles. The van der Waals surface area contributed by atoms with Crippen molar-refractivity contribution in [2.24, 2.45) is 0 Å². The van der Waals surface area contributed by atoms with Gasteiger partial charge in [0.05, 0.1) is 6.61 Å². The highest BCUT2D eigenvalue weighted by atomic mass is 16.5. The van der Waals surface area contributed by atoms with Crippen molar-refractivity contribution in [2.75, 3.05) is 13.2 Å². The van der Waals surface area contributed by atoms with Crippen molar-refractivity contribution in [3.05, 3.63) is 12.7 Å². The highest BCUT2D eigenvalue weighted by Gasteiger charge is 2.27. The maximum Gasteiger partial charge on any atom is 0.248 e. The second-order valence-electron chi connectivity index (χ2n) is 2.13. The fourth-order valence-corrected chi connectivity index (χ4v) is 0.955. The molecule has 0 radical (unpaired) electrons. The molecule has 1 amide bonds. The molecular formula is C7H9NO3. The predicted octanol–water partition coefficient (Wildman–Crippen LogP) is -0.444. The minimum Gasteiger partial charge on any atom is -0.349 e. The van der Waals surface area contributed by atoms with E-state index in [4.69, 9.17) is 4.74 Å². The van der Waals surface area contributed by atoms with Gasteiger partial charge in [0.1, 0.15) is 0 Å². The van der Waals surface area contributed by atoms with Crippen molar-refractivity contribution in [3.63, 3.8) is 0 Å². The van der Waals surface area contributed by atoms with E-state index >= 15 is 0 Å². The SMILES string of the molecule is C=CC(=O)N1CCOC1C=O.